The summed E-state index contributed by atoms with van der Waals surface area (Å²) in [7, 11) is -2.07. The lowest BCUT2D eigenvalue weighted by Crippen LogP contribution is -2.27. The van der Waals surface area contributed by atoms with Gasteiger partial charge >= 0.3 is 0 Å². The molecule has 0 fully saturated rings. The summed E-state index contributed by atoms with van der Waals surface area (Å²) in [5.74, 6) is -0.252. The van der Waals surface area contributed by atoms with Crippen LogP contribution in [0, 0.1) is 0 Å². The molecule has 1 aromatic heterocycles. The smallest absolute Gasteiger partial charge is 0.251 e. The maximum absolute atomic E-state index is 12.3. The number of rotatable bonds is 8. The van der Waals surface area contributed by atoms with Crippen molar-refractivity contribution in [3.8, 4) is 0 Å². The van der Waals surface area contributed by atoms with E-state index in [4.69, 9.17) is 9.15 Å². The highest BCUT2D eigenvalue weighted by Crippen LogP contribution is 2.14. The normalized spacial score (nSPS) is 11.6. The van der Waals surface area contributed by atoms with Crippen LogP contribution in [0.4, 0.5) is 0 Å². The van der Waals surface area contributed by atoms with Gasteiger partial charge in [-0.3, -0.25) is 4.79 Å². The molecule has 142 valence electrons. The molecule has 2 aromatic carbocycles. The molecule has 1 amide bonds. The van der Waals surface area contributed by atoms with Crippen molar-refractivity contribution in [2.75, 3.05) is 20.3 Å². The van der Waals surface area contributed by atoms with E-state index < -0.39 is 10.0 Å². The molecule has 2 N–H and O–H groups in total. The first-order valence-electron chi connectivity index (χ1n) is 8.18. The number of fused-ring (bicyclic) bond motifs is 1. The number of benzene rings is 2. The molecule has 0 unspecified atom stereocenters. The van der Waals surface area contributed by atoms with Crippen molar-refractivity contribution in [1.29, 1.82) is 0 Å². The van der Waals surface area contributed by atoms with Crippen LogP contribution >= 0.6 is 0 Å². The quantitative estimate of drug-likeness (QED) is 0.567. The summed E-state index contributed by atoms with van der Waals surface area (Å²) in [6, 6.07) is 11.3. The fraction of sp³-hybridized carbons (Fsp3) is 0.222. The number of carbonyl (C=O) groups excluding carboxylic acids is 1. The molecule has 0 atom stereocenters. The summed E-state index contributed by atoms with van der Waals surface area (Å²) in [4.78, 5) is 16.4. The maximum Gasteiger partial charge on any atom is 0.251 e. The van der Waals surface area contributed by atoms with Gasteiger partial charge in [0.1, 0.15) is 5.52 Å². The van der Waals surface area contributed by atoms with Crippen LogP contribution in [-0.2, 0) is 21.3 Å². The van der Waals surface area contributed by atoms with Crippen LogP contribution in [0.1, 0.15) is 15.9 Å². The Morgan fingerprint density at radius 1 is 1.19 bits per heavy atom. The number of nitrogens with one attached hydrogen (secondary N) is 2. The van der Waals surface area contributed by atoms with E-state index in [0.717, 1.165) is 5.56 Å². The number of hydrogen-bond donors (Lipinski definition) is 2. The van der Waals surface area contributed by atoms with E-state index in [1.54, 1.807) is 30.3 Å². The first kappa shape index (κ1) is 19.0. The van der Waals surface area contributed by atoms with Crippen LogP contribution in [0.2, 0.25) is 0 Å². The summed E-state index contributed by atoms with van der Waals surface area (Å²) in [6.07, 6.45) is 1.33. The van der Waals surface area contributed by atoms with Crippen LogP contribution in [-0.4, -0.2) is 39.6 Å². The molecule has 3 aromatic rings. The molecule has 0 aliphatic heterocycles. The molecule has 0 saturated heterocycles. The van der Waals surface area contributed by atoms with Crippen molar-refractivity contribution >= 4 is 27.0 Å². The van der Waals surface area contributed by atoms with Crippen LogP contribution in [0.15, 0.2) is 58.2 Å². The molecule has 0 bridgehead atoms. The summed E-state index contributed by atoms with van der Waals surface area (Å²) >= 11 is 0. The minimum atomic E-state index is -3.57. The zero-order chi connectivity index (χ0) is 19.3. The number of carbonyl (C=O) groups is 1. The van der Waals surface area contributed by atoms with Gasteiger partial charge in [-0.25, -0.2) is 18.1 Å². The zero-order valence-corrected chi connectivity index (χ0v) is 15.5. The van der Waals surface area contributed by atoms with Gasteiger partial charge in [0.15, 0.2) is 12.0 Å². The second-order valence-electron chi connectivity index (χ2n) is 5.75. The van der Waals surface area contributed by atoms with Crippen molar-refractivity contribution in [2.45, 2.75) is 11.4 Å². The lowest BCUT2D eigenvalue weighted by Gasteiger charge is -2.08. The van der Waals surface area contributed by atoms with Crippen molar-refractivity contribution in [1.82, 2.24) is 15.0 Å². The summed E-state index contributed by atoms with van der Waals surface area (Å²) in [5, 5.41) is 2.79. The molecule has 27 heavy (non-hydrogen) atoms. The van der Waals surface area contributed by atoms with Crippen molar-refractivity contribution in [3.63, 3.8) is 0 Å². The van der Waals surface area contributed by atoms with Gasteiger partial charge in [0.25, 0.3) is 5.91 Å². The van der Waals surface area contributed by atoms with Crippen LogP contribution in [0.3, 0.4) is 0 Å². The number of hydrogen-bond acceptors (Lipinski definition) is 6. The molecular formula is C18H19N3O5S. The molecule has 8 nitrogen and oxygen atoms in total. The number of sulfonamides is 1. The van der Waals surface area contributed by atoms with E-state index in [-0.39, 0.29) is 23.9 Å². The zero-order valence-electron chi connectivity index (χ0n) is 14.6. The molecule has 0 spiro atoms. The number of oxazole rings is 1. The first-order valence-corrected chi connectivity index (χ1v) is 9.67. The van der Waals surface area contributed by atoms with Crippen molar-refractivity contribution in [2.24, 2.45) is 0 Å². The monoisotopic (exact) mass is 389 g/mol. The second-order valence-corrected chi connectivity index (χ2v) is 7.52. The average molecular weight is 389 g/mol. The fourth-order valence-corrected chi connectivity index (χ4v) is 3.44. The number of aromatic nitrogens is 1. The number of amides is 1. The molecule has 0 aliphatic carbocycles. The highest BCUT2D eigenvalue weighted by atomic mass is 32.2. The molecule has 3 rings (SSSR count). The largest absolute Gasteiger partial charge is 0.443 e. The standard InChI is InChI=1S/C18H19N3O5S/c1-25-9-8-21-27(23,24)15-5-2-13(3-6-15)11-19-18(22)14-4-7-17-16(10-14)20-12-26-17/h2-7,10,12,21H,8-9,11H2,1H3,(H,19,22). The van der Waals surface area contributed by atoms with Gasteiger partial charge in [0.2, 0.25) is 10.0 Å². The fourth-order valence-electron chi connectivity index (χ4n) is 2.43. The van der Waals surface area contributed by atoms with Gasteiger partial charge < -0.3 is 14.5 Å². The third-order valence-electron chi connectivity index (χ3n) is 3.88. The van der Waals surface area contributed by atoms with Gasteiger partial charge in [-0.1, -0.05) is 12.1 Å². The van der Waals surface area contributed by atoms with E-state index in [9.17, 15) is 13.2 Å². The van der Waals surface area contributed by atoms with Gasteiger partial charge in [-0.05, 0) is 35.9 Å². The van der Waals surface area contributed by atoms with E-state index >= 15 is 0 Å². The SMILES string of the molecule is COCCNS(=O)(=O)c1ccc(CNC(=O)c2ccc3ocnc3c2)cc1. The Hall–Kier alpha value is -2.75. The Labute approximate surface area is 156 Å². The van der Waals surface area contributed by atoms with E-state index in [1.807, 2.05) is 0 Å². The summed E-state index contributed by atoms with van der Waals surface area (Å²) in [6.45, 7) is 0.767. The highest BCUT2D eigenvalue weighted by molar-refractivity contribution is 7.89. The topological polar surface area (TPSA) is 111 Å². The Morgan fingerprint density at radius 3 is 2.70 bits per heavy atom. The Morgan fingerprint density at radius 2 is 1.96 bits per heavy atom. The Balaban J connectivity index is 1.60. The van der Waals surface area contributed by atoms with Crippen LogP contribution in [0.25, 0.3) is 11.1 Å². The van der Waals surface area contributed by atoms with Gasteiger partial charge in [-0.15, -0.1) is 0 Å². The molecule has 0 saturated carbocycles. The Kier molecular flexibility index (Phi) is 5.84. The maximum atomic E-state index is 12.3. The number of methoxy groups -OCH3 is 1. The molecule has 0 radical (unpaired) electrons. The highest BCUT2D eigenvalue weighted by Gasteiger charge is 2.13. The lowest BCUT2D eigenvalue weighted by atomic mass is 10.2. The predicted octanol–water partition coefficient (Wildman–Crippen LogP) is 1.68. The van der Waals surface area contributed by atoms with E-state index in [0.29, 0.717) is 23.3 Å². The van der Waals surface area contributed by atoms with Crippen molar-refractivity contribution in [3.05, 3.63) is 60.0 Å². The predicted molar refractivity (Wildman–Crippen MR) is 98.7 cm³/mol. The van der Waals surface area contributed by atoms with E-state index in [1.165, 1.54) is 25.6 Å². The average Bonchev–Trinajstić information content (AvgIpc) is 3.14. The third kappa shape index (κ3) is 4.70. The lowest BCUT2D eigenvalue weighted by molar-refractivity contribution is 0.0951. The summed E-state index contributed by atoms with van der Waals surface area (Å²) < 4.78 is 36.6. The van der Waals surface area contributed by atoms with Gasteiger partial charge in [-0.2, -0.15) is 0 Å². The summed E-state index contributed by atoms with van der Waals surface area (Å²) in [5.41, 5.74) is 2.47. The minimum Gasteiger partial charge on any atom is -0.443 e. The van der Waals surface area contributed by atoms with Crippen molar-refractivity contribution < 1.29 is 22.4 Å². The third-order valence-corrected chi connectivity index (χ3v) is 5.35. The van der Waals surface area contributed by atoms with Gasteiger partial charge in [0, 0.05) is 25.8 Å². The molecular weight excluding hydrogens is 370 g/mol. The van der Waals surface area contributed by atoms with Gasteiger partial charge in [0.05, 0.1) is 11.5 Å². The minimum absolute atomic E-state index is 0.158. The second kappa shape index (κ2) is 8.30. The molecule has 9 heteroatoms. The number of ether oxygens (including phenoxy) is 1. The molecule has 0 aliphatic rings. The molecule has 1 heterocycles. The first-order chi connectivity index (χ1) is 13.0. The van der Waals surface area contributed by atoms with Crippen LogP contribution in [0.5, 0.6) is 0 Å². The Bertz CT molecular complexity index is 1030. The van der Waals surface area contributed by atoms with E-state index in [2.05, 4.69) is 15.0 Å². The van der Waals surface area contributed by atoms with Crippen LogP contribution < -0.4 is 10.0 Å². The number of nitrogens with zero attached hydrogens (tertiary/aromatic N) is 1.